The van der Waals surface area contributed by atoms with Gasteiger partial charge in [0.05, 0.1) is 24.4 Å². The zero-order valence-corrected chi connectivity index (χ0v) is 14.8. The fourth-order valence-corrected chi connectivity index (χ4v) is 3.92. The van der Waals surface area contributed by atoms with Gasteiger partial charge >= 0.3 is 0 Å². The zero-order chi connectivity index (χ0) is 18.1. The molecule has 0 fully saturated rings. The largest absolute Gasteiger partial charge is 0.493 e. The van der Waals surface area contributed by atoms with Crippen LogP contribution in [0.1, 0.15) is 0 Å². The Morgan fingerprint density at radius 2 is 1.62 bits per heavy atom. The number of rotatable bonds is 5. The lowest BCUT2D eigenvalue weighted by Gasteiger charge is -2.13. The topological polar surface area (TPSA) is 64.6 Å². The van der Waals surface area contributed by atoms with Crippen molar-refractivity contribution < 1.29 is 31.1 Å². The van der Waals surface area contributed by atoms with Crippen LogP contribution < -0.4 is 14.2 Å². The molecule has 0 bridgehead atoms. The fraction of sp³-hybridized carbons (Fsp3) is 0.143. The van der Waals surface area contributed by atoms with Crippen molar-refractivity contribution in [1.29, 1.82) is 0 Å². The van der Waals surface area contributed by atoms with Gasteiger partial charge in [-0.1, -0.05) is 0 Å². The van der Waals surface area contributed by atoms with Gasteiger partial charge in [0.2, 0.25) is 0 Å². The van der Waals surface area contributed by atoms with Crippen LogP contribution >= 0.6 is 15.9 Å². The molecule has 2 rings (SSSR count). The molecule has 0 heterocycles. The van der Waals surface area contributed by atoms with E-state index in [9.17, 15) is 21.6 Å². The second-order valence-corrected chi connectivity index (χ2v) is 6.92. The normalized spacial score (nSPS) is 11.2. The molecular formula is C14H11BrF3NO4S. The maximum absolute atomic E-state index is 13.5. The Balaban J connectivity index is 2.46. The molecule has 0 saturated heterocycles. The molecule has 2 aromatic rings. The molecule has 1 N–H and O–H groups in total. The Kier molecular flexibility index (Phi) is 5.29. The summed E-state index contributed by atoms with van der Waals surface area (Å²) >= 11 is 2.62. The van der Waals surface area contributed by atoms with Gasteiger partial charge in [-0.25, -0.2) is 21.6 Å². The molecule has 0 saturated carbocycles. The highest BCUT2D eigenvalue weighted by molar-refractivity contribution is 9.10. The number of anilines is 1. The third kappa shape index (κ3) is 3.44. The summed E-state index contributed by atoms with van der Waals surface area (Å²) in [6.07, 6.45) is 0. The van der Waals surface area contributed by atoms with Gasteiger partial charge in [0.25, 0.3) is 10.0 Å². The van der Waals surface area contributed by atoms with E-state index in [0.29, 0.717) is 11.8 Å². The summed E-state index contributed by atoms with van der Waals surface area (Å²) in [4.78, 5) is -0.784. The van der Waals surface area contributed by atoms with Crippen molar-refractivity contribution in [1.82, 2.24) is 0 Å². The average molecular weight is 426 g/mol. The maximum atomic E-state index is 13.5. The van der Waals surface area contributed by atoms with Gasteiger partial charge in [0, 0.05) is 6.07 Å². The summed E-state index contributed by atoms with van der Waals surface area (Å²) in [5.41, 5.74) is 0.0599. The lowest BCUT2D eigenvalue weighted by molar-refractivity contribution is 0.355. The molecule has 24 heavy (non-hydrogen) atoms. The molecule has 130 valence electrons. The van der Waals surface area contributed by atoms with Crippen LogP contribution in [0, 0.1) is 17.5 Å². The highest BCUT2D eigenvalue weighted by Crippen LogP contribution is 2.33. The quantitative estimate of drug-likeness (QED) is 0.586. The van der Waals surface area contributed by atoms with Gasteiger partial charge in [0.1, 0.15) is 4.90 Å². The molecule has 0 aliphatic rings. The van der Waals surface area contributed by atoms with Gasteiger partial charge in [0.15, 0.2) is 29.0 Å². The van der Waals surface area contributed by atoms with Crippen LogP contribution in [-0.2, 0) is 10.0 Å². The Bertz CT molecular complexity index is 890. The Morgan fingerprint density at radius 1 is 1.00 bits per heavy atom. The standard InChI is InChI=1S/C14H11BrF3NO4S/c1-22-9-4-3-7(5-10(9)23-2)19-24(20,21)11-6-8(16)13(17)14(18)12(11)15/h3-6,19H,1-2H3. The number of methoxy groups -OCH3 is 2. The van der Waals surface area contributed by atoms with E-state index in [2.05, 4.69) is 20.7 Å². The molecule has 0 radical (unpaired) electrons. The Hall–Kier alpha value is -1.94. The van der Waals surface area contributed by atoms with E-state index in [1.807, 2.05) is 0 Å². The number of nitrogens with one attached hydrogen (secondary N) is 1. The zero-order valence-electron chi connectivity index (χ0n) is 12.4. The van der Waals surface area contributed by atoms with Gasteiger partial charge in [-0.3, -0.25) is 4.72 Å². The van der Waals surface area contributed by atoms with Gasteiger partial charge in [-0.05, 0) is 34.1 Å². The predicted octanol–water partition coefficient (Wildman–Crippen LogP) is 3.68. The molecule has 0 spiro atoms. The summed E-state index contributed by atoms with van der Waals surface area (Å²) in [6.45, 7) is 0. The molecule has 0 aromatic heterocycles. The molecule has 0 atom stereocenters. The Labute approximate surface area is 144 Å². The molecule has 0 aliphatic carbocycles. The van der Waals surface area contributed by atoms with Crippen LogP contribution in [0.2, 0.25) is 0 Å². The first-order valence-electron chi connectivity index (χ1n) is 6.29. The first kappa shape index (κ1) is 18.4. The van der Waals surface area contributed by atoms with Crippen LogP contribution in [-0.4, -0.2) is 22.6 Å². The van der Waals surface area contributed by atoms with Crippen LogP contribution in [0.4, 0.5) is 18.9 Å². The van der Waals surface area contributed by atoms with E-state index in [1.54, 1.807) is 0 Å². The second-order valence-electron chi connectivity index (χ2n) is 4.47. The fourth-order valence-electron chi connectivity index (χ4n) is 1.86. The first-order valence-corrected chi connectivity index (χ1v) is 8.56. The highest BCUT2D eigenvalue weighted by Gasteiger charge is 2.26. The van der Waals surface area contributed by atoms with Crippen molar-refractivity contribution in [3.8, 4) is 11.5 Å². The average Bonchev–Trinajstić information content (AvgIpc) is 2.55. The number of hydrogen-bond donors (Lipinski definition) is 1. The number of ether oxygens (including phenoxy) is 2. The molecule has 0 aliphatic heterocycles. The summed E-state index contributed by atoms with van der Waals surface area (Å²) in [5, 5.41) is 0. The number of sulfonamides is 1. The van der Waals surface area contributed by atoms with Crippen molar-refractivity contribution in [3.63, 3.8) is 0 Å². The van der Waals surface area contributed by atoms with Crippen LogP contribution in [0.3, 0.4) is 0 Å². The van der Waals surface area contributed by atoms with Crippen molar-refractivity contribution >= 4 is 31.6 Å². The van der Waals surface area contributed by atoms with E-state index in [1.165, 1.54) is 32.4 Å². The number of hydrogen-bond acceptors (Lipinski definition) is 4. The lowest BCUT2D eigenvalue weighted by Crippen LogP contribution is -2.15. The predicted molar refractivity (Wildman–Crippen MR) is 84.4 cm³/mol. The van der Waals surface area contributed by atoms with E-state index in [-0.39, 0.29) is 11.4 Å². The minimum Gasteiger partial charge on any atom is -0.493 e. The Morgan fingerprint density at radius 3 is 2.21 bits per heavy atom. The number of halogens is 4. The summed E-state index contributed by atoms with van der Waals surface area (Å²) in [6, 6.07) is 4.51. The third-order valence-corrected chi connectivity index (χ3v) is 5.44. The molecule has 0 amide bonds. The first-order chi connectivity index (χ1) is 11.2. The second kappa shape index (κ2) is 6.89. The SMILES string of the molecule is COc1ccc(NS(=O)(=O)c2cc(F)c(F)c(F)c2Br)cc1OC. The summed E-state index contributed by atoms with van der Waals surface area (Å²) in [5.74, 6) is -4.42. The van der Waals surface area contributed by atoms with Crippen molar-refractivity contribution in [2.24, 2.45) is 0 Å². The third-order valence-electron chi connectivity index (χ3n) is 2.99. The van der Waals surface area contributed by atoms with Gasteiger partial charge in [-0.2, -0.15) is 0 Å². The van der Waals surface area contributed by atoms with E-state index < -0.39 is 36.8 Å². The van der Waals surface area contributed by atoms with Gasteiger partial charge < -0.3 is 9.47 Å². The minimum atomic E-state index is -4.39. The van der Waals surface area contributed by atoms with Gasteiger partial charge in [-0.15, -0.1) is 0 Å². The monoisotopic (exact) mass is 425 g/mol. The summed E-state index contributed by atoms with van der Waals surface area (Å²) in [7, 11) is -1.63. The van der Waals surface area contributed by atoms with Crippen LogP contribution in [0.15, 0.2) is 33.6 Å². The van der Waals surface area contributed by atoms with E-state index in [4.69, 9.17) is 9.47 Å². The molecular weight excluding hydrogens is 415 g/mol. The van der Waals surface area contributed by atoms with Crippen molar-refractivity contribution in [3.05, 3.63) is 46.2 Å². The molecule has 10 heteroatoms. The lowest BCUT2D eigenvalue weighted by atomic mass is 10.3. The van der Waals surface area contributed by atoms with Crippen molar-refractivity contribution in [2.45, 2.75) is 4.90 Å². The van der Waals surface area contributed by atoms with Crippen molar-refractivity contribution in [2.75, 3.05) is 18.9 Å². The molecule has 2 aromatic carbocycles. The van der Waals surface area contributed by atoms with E-state index >= 15 is 0 Å². The molecule has 5 nitrogen and oxygen atoms in total. The number of benzene rings is 2. The molecule has 0 unspecified atom stereocenters. The minimum absolute atomic E-state index is 0.0599. The highest BCUT2D eigenvalue weighted by atomic mass is 79.9. The summed E-state index contributed by atoms with van der Waals surface area (Å²) < 4.78 is 76.1. The van der Waals surface area contributed by atoms with Crippen LogP contribution in [0.5, 0.6) is 11.5 Å². The smallest absolute Gasteiger partial charge is 0.263 e. The maximum Gasteiger partial charge on any atom is 0.263 e. The van der Waals surface area contributed by atoms with E-state index in [0.717, 1.165) is 0 Å². The van der Waals surface area contributed by atoms with Crippen LogP contribution in [0.25, 0.3) is 0 Å².